The molecule has 1 aliphatic rings. The van der Waals surface area contributed by atoms with E-state index in [1.54, 1.807) is 6.92 Å². The summed E-state index contributed by atoms with van der Waals surface area (Å²) in [5.41, 5.74) is 0.442. The standard InChI is InChI=1S/C13H19F3N4O4S/c1-8-10(18-7-24-8)4-17-12(21)20-5-9(13(14,15)16)11(6-20)25(22,23)19(2)3/h7,9,11H,4-6H2,1-3H3,(H,17,21)/t9-,11-/m1/s1. The number of hydrogen-bond donors (Lipinski definition) is 1. The maximum absolute atomic E-state index is 13.2. The molecule has 12 heteroatoms. The maximum atomic E-state index is 13.2. The van der Waals surface area contributed by atoms with Crippen LogP contribution in [0.2, 0.25) is 0 Å². The van der Waals surface area contributed by atoms with E-state index in [1.807, 2.05) is 0 Å². The van der Waals surface area contributed by atoms with E-state index in [0.717, 1.165) is 9.21 Å². The molecule has 2 atom stereocenters. The second-order valence-electron chi connectivity index (χ2n) is 5.93. The Morgan fingerprint density at radius 2 is 2.08 bits per heavy atom. The van der Waals surface area contributed by atoms with Crippen molar-refractivity contribution in [2.45, 2.75) is 24.9 Å². The van der Waals surface area contributed by atoms with Gasteiger partial charge in [-0.2, -0.15) is 13.2 Å². The van der Waals surface area contributed by atoms with Crippen molar-refractivity contribution in [3.05, 3.63) is 17.8 Å². The van der Waals surface area contributed by atoms with Gasteiger partial charge in [0, 0.05) is 27.2 Å². The van der Waals surface area contributed by atoms with Crippen molar-refractivity contribution in [2.24, 2.45) is 5.92 Å². The number of alkyl halides is 3. The predicted octanol–water partition coefficient (Wildman–Crippen LogP) is 0.947. The smallest absolute Gasteiger partial charge is 0.394 e. The van der Waals surface area contributed by atoms with Crippen molar-refractivity contribution in [3.63, 3.8) is 0 Å². The number of nitrogens with zero attached hydrogens (tertiary/aromatic N) is 3. The molecule has 2 rings (SSSR count). The van der Waals surface area contributed by atoms with Crippen LogP contribution in [0.4, 0.5) is 18.0 Å². The number of halogens is 3. The van der Waals surface area contributed by atoms with Crippen LogP contribution >= 0.6 is 0 Å². The maximum Gasteiger partial charge on any atom is 0.394 e. The zero-order chi connectivity index (χ0) is 19.0. The lowest BCUT2D eigenvalue weighted by Gasteiger charge is -2.23. The van der Waals surface area contributed by atoms with Crippen LogP contribution in [0.1, 0.15) is 11.5 Å². The molecule has 0 unspecified atom stereocenters. The Hall–Kier alpha value is -1.82. The Kier molecular flexibility index (Phi) is 5.33. The number of oxazole rings is 1. The van der Waals surface area contributed by atoms with Crippen LogP contribution in [0, 0.1) is 12.8 Å². The average molecular weight is 384 g/mol. The number of aryl methyl sites for hydroxylation is 1. The van der Waals surface area contributed by atoms with Crippen molar-refractivity contribution in [1.29, 1.82) is 0 Å². The quantitative estimate of drug-likeness (QED) is 0.834. The second-order valence-corrected chi connectivity index (χ2v) is 8.30. The molecular weight excluding hydrogens is 365 g/mol. The predicted molar refractivity (Wildman–Crippen MR) is 81.0 cm³/mol. The minimum atomic E-state index is -4.73. The molecule has 2 heterocycles. The van der Waals surface area contributed by atoms with E-state index < -0.39 is 46.5 Å². The van der Waals surface area contributed by atoms with Gasteiger partial charge in [0.1, 0.15) is 16.7 Å². The fraction of sp³-hybridized carbons (Fsp3) is 0.692. The molecule has 0 radical (unpaired) electrons. The Labute approximate surface area is 143 Å². The van der Waals surface area contributed by atoms with Gasteiger partial charge in [0.25, 0.3) is 0 Å². The summed E-state index contributed by atoms with van der Waals surface area (Å²) in [5, 5.41) is 0.696. The van der Waals surface area contributed by atoms with Gasteiger partial charge in [0.2, 0.25) is 10.0 Å². The highest BCUT2D eigenvalue weighted by atomic mass is 32.2. The number of likely N-dealkylation sites (tertiary alicyclic amines) is 1. The first-order chi connectivity index (χ1) is 11.4. The fourth-order valence-corrected chi connectivity index (χ4v) is 4.16. The van der Waals surface area contributed by atoms with Crippen LogP contribution < -0.4 is 5.32 Å². The molecule has 0 aliphatic carbocycles. The first-order valence-electron chi connectivity index (χ1n) is 7.34. The van der Waals surface area contributed by atoms with Crippen molar-refractivity contribution < 1.29 is 30.8 Å². The summed E-state index contributed by atoms with van der Waals surface area (Å²) < 4.78 is 69.8. The largest absolute Gasteiger partial charge is 0.448 e. The van der Waals surface area contributed by atoms with Gasteiger partial charge in [0.15, 0.2) is 6.39 Å². The van der Waals surface area contributed by atoms with E-state index in [4.69, 9.17) is 4.42 Å². The zero-order valence-electron chi connectivity index (χ0n) is 13.9. The van der Waals surface area contributed by atoms with E-state index in [2.05, 4.69) is 10.3 Å². The Balaban J connectivity index is 2.12. The van der Waals surface area contributed by atoms with Gasteiger partial charge >= 0.3 is 12.2 Å². The molecule has 1 aromatic rings. The SMILES string of the molecule is Cc1ocnc1CNC(=O)N1C[C@@H](C(F)(F)F)[C@H](S(=O)(=O)N(C)C)C1. The number of rotatable bonds is 4. The Morgan fingerprint density at radius 3 is 2.56 bits per heavy atom. The molecule has 0 saturated carbocycles. The van der Waals surface area contributed by atoms with Gasteiger partial charge in [-0.15, -0.1) is 0 Å². The number of urea groups is 1. The molecule has 1 fully saturated rings. The van der Waals surface area contributed by atoms with Gasteiger partial charge in [-0.1, -0.05) is 0 Å². The van der Waals surface area contributed by atoms with Crippen molar-refractivity contribution in [3.8, 4) is 0 Å². The molecule has 1 N–H and O–H groups in total. The first kappa shape index (κ1) is 19.5. The van der Waals surface area contributed by atoms with E-state index in [0.29, 0.717) is 11.5 Å². The molecule has 1 saturated heterocycles. The highest BCUT2D eigenvalue weighted by molar-refractivity contribution is 7.89. The third kappa shape index (κ3) is 4.06. The topological polar surface area (TPSA) is 95.7 Å². The third-order valence-electron chi connectivity index (χ3n) is 4.12. The Morgan fingerprint density at radius 1 is 1.44 bits per heavy atom. The van der Waals surface area contributed by atoms with Gasteiger partial charge in [-0.05, 0) is 6.92 Å². The lowest BCUT2D eigenvalue weighted by Crippen LogP contribution is -2.43. The van der Waals surface area contributed by atoms with Crippen LogP contribution in [-0.4, -0.2) is 67.2 Å². The van der Waals surface area contributed by atoms with Gasteiger partial charge in [0.05, 0.1) is 12.5 Å². The van der Waals surface area contributed by atoms with E-state index in [-0.39, 0.29) is 6.54 Å². The highest BCUT2D eigenvalue weighted by Gasteiger charge is 2.55. The van der Waals surface area contributed by atoms with Crippen LogP contribution in [0.3, 0.4) is 0 Å². The first-order valence-corrected chi connectivity index (χ1v) is 8.84. The van der Waals surface area contributed by atoms with Gasteiger partial charge in [-0.3, -0.25) is 0 Å². The number of hydrogen-bond acceptors (Lipinski definition) is 5. The molecule has 0 aromatic carbocycles. The van der Waals surface area contributed by atoms with Gasteiger partial charge < -0.3 is 14.6 Å². The fourth-order valence-electron chi connectivity index (χ4n) is 2.60. The number of aromatic nitrogens is 1. The molecule has 1 aromatic heterocycles. The number of nitrogens with one attached hydrogen (secondary N) is 1. The summed E-state index contributed by atoms with van der Waals surface area (Å²) in [7, 11) is -1.84. The molecule has 1 aliphatic heterocycles. The summed E-state index contributed by atoms with van der Waals surface area (Å²) in [6.07, 6.45) is -3.54. The number of sulfonamides is 1. The number of carbonyl (C=O) groups is 1. The summed E-state index contributed by atoms with van der Waals surface area (Å²) in [6.45, 7) is 0.350. The molecule has 8 nitrogen and oxygen atoms in total. The van der Waals surface area contributed by atoms with E-state index in [1.165, 1.54) is 20.5 Å². The average Bonchev–Trinajstić information content (AvgIpc) is 3.10. The number of carbonyl (C=O) groups excluding carboxylic acids is 1. The van der Waals surface area contributed by atoms with Crippen LogP contribution in [0.25, 0.3) is 0 Å². The summed E-state index contributed by atoms with van der Waals surface area (Å²) in [4.78, 5) is 16.9. The zero-order valence-corrected chi connectivity index (χ0v) is 14.7. The Bertz CT molecular complexity index is 732. The van der Waals surface area contributed by atoms with E-state index >= 15 is 0 Å². The molecule has 25 heavy (non-hydrogen) atoms. The monoisotopic (exact) mass is 384 g/mol. The number of amides is 2. The summed E-state index contributed by atoms with van der Waals surface area (Å²) in [5.74, 6) is -1.66. The molecular formula is C13H19F3N4O4S. The molecule has 142 valence electrons. The minimum Gasteiger partial charge on any atom is -0.448 e. The van der Waals surface area contributed by atoms with Crippen molar-refractivity contribution in [1.82, 2.24) is 19.5 Å². The minimum absolute atomic E-state index is 0.0283. The summed E-state index contributed by atoms with van der Waals surface area (Å²) in [6, 6.07) is -0.784. The van der Waals surface area contributed by atoms with Crippen LogP contribution in [-0.2, 0) is 16.6 Å². The molecule has 0 bridgehead atoms. The van der Waals surface area contributed by atoms with Crippen LogP contribution in [0.5, 0.6) is 0 Å². The highest BCUT2D eigenvalue weighted by Crippen LogP contribution is 2.37. The van der Waals surface area contributed by atoms with Crippen molar-refractivity contribution in [2.75, 3.05) is 27.2 Å². The lowest BCUT2D eigenvalue weighted by molar-refractivity contribution is -0.169. The second kappa shape index (κ2) is 6.83. The van der Waals surface area contributed by atoms with Gasteiger partial charge in [-0.25, -0.2) is 22.5 Å². The van der Waals surface area contributed by atoms with Crippen molar-refractivity contribution >= 4 is 16.1 Å². The van der Waals surface area contributed by atoms with Crippen LogP contribution in [0.15, 0.2) is 10.8 Å². The normalized spacial score (nSPS) is 21.8. The third-order valence-corrected chi connectivity index (χ3v) is 6.38. The molecule has 2 amide bonds. The lowest BCUT2D eigenvalue weighted by atomic mass is 10.1. The van der Waals surface area contributed by atoms with E-state index in [9.17, 15) is 26.4 Å². The summed E-state index contributed by atoms with van der Waals surface area (Å²) >= 11 is 0. The molecule has 0 spiro atoms.